The molecule has 2 rings (SSSR count). The number of nitrogens with zero attached hydrogens (tertiary/aromatic N) is 2. The molecule has 0 saturated carbocycles. The smallest absolute Gasteiger partial charge is 0.410 e. The predicted octanol–water partition coefficient (Wildman–Crippen LogP) is 2.49. The van der Waals surface area contributed by atoms with E-state index in [0.717, 1.165) is 6.42 Å². The van der Waals surface area contributed by atoms with E-state index in [9.17, 15) is 14.4 Å². The molecular weight excluding hydrogens is 362 g/mol. The lowest BCUT2D eigenvalue weighted by molar-refractivity contribution is -0.130. The molecular formula is C20H29N3O5. The van der Waals surface area contributed by atoms with Gasteiger partial charge in [-0.3, -0.25) is 14.5 Å². The quantitative estimate of drug-likeness (QED) is 0.833. The number of anilines is 1. The fourth-order valence-corrected chi connectivity index (χ4v) is 2.71. The Balaban J connectivity index is 1.92. The summed E-state index contributed by atoms with van der Waals surface area (Å²) < 4.78 is 10.8. The SMILES string of the molecule is CN(C)C(=O)COc1ccc(NC(=O)C2CCCN2C(=O)OC(C)(C)C)cc1. The normalized spacial score (nSPS) is 16.5. The molecule has 0 aliphatic carbocycles. The summed E-state index contributed by atoms with van der Waals surface area (Å²) in [6, 6.07) is 6.20. The number of ether oxygens (including phenoxy) is 2. The van der Waals surface area contributed by atoms with Gasteiger partial charge in [0, 0.05) is 26.3 Å². The molecule has 0 spiro atoms. The number of carbonyl (C=O) groups is 3. The van der Waals surface area contributed by atoms with Crippen molar-refractivity contribution in [2.24, 2.45) is 0 Å². The minimum absolute atomic E-state index is 0.0500. The lowest BCUT2D eigenvalue weighted by Gasteiger charge is -2.28. The monoisotopic (exact) mass is 391 g/mol. The van der Waals surface area contributed by atoms with Crippen LogP contribution in [0.3, 0.4) is 0 Å². The van der Waals surface area contributed by atoms with Crippen molar-refractivity contribution in [3.05, 3.63) is 24.3 Å². The van der Waals surface area contributed by atoms with Gasteiger partial charge in [0.1, 0.15) is 17.4 Å². The van der Waals surface area contributed by atoms with Crippen LogP contribution in [0.5, 0.6) is 5.75 Å². The summed E-state index contributed by atoms with van der Waals surface area (Å²) in [5.41, 5.74) is -0.0165. The van der Waals surface area contributed by atoms with Crippen molar-refractivity contribution < 1.29 is 23.9 Å². The second-order valence-corrected chi connectivity index (χ2v) is 7.92. The van der Waals surface area contributed by atoms with E-state index in [1.165, 1.54) is 9.80 Å². The van der Waals surface area contributed by atoms with Gasteiger partial charge in [-0.2, -0.15) is 0 Å². The van der Waals surface area contributed by atoms with Crippen LogP contribution in [0.4, 0.5) is 10.5 Å². The van der Waals surface area contributed by atoms with Crippen LogP contribution in [0.2, 0.25) is 0 Å². The zero-order valence-electron chi connectivity index (χ0n) is 17.2. The van der Waals surface area contributed by atoms with Crippen LogP contribution in [0, 0.1) is 0 Å². The van der Waals surface area contributed by atoms with Crippen molar-refractivity contribution in [1.82, 2.24) is 9.80 Å². The molecule has 1 atom stereocenters. The summed E-state index contributed by atoms with van der Waals surface area (Å²) >= 11 is 0. The van der Waals surface area contributed by atoms with Gasteiger partial charge in [0.15, 0.2) is 6.61 Å². The summed E-state index contributed by atoms with van der Waals surface area (Å²) in [4.78, 5) is 39.4. The number of carbonyl (C=O) groups excluding carboxylic acids is 3. The van der Waals surface area contributed by atoms with E-state index in [1.807, 2.05) is 0 Å². The third-order valence-corrected chi connectivity index (χ3v) is 4.17. The van der Waals surface area contributed by atoms with E-state index >= 15 is 0 Å². The van der Waals surface area contributed by atoms with Crippen LogP contribution >= 0.6 is 0 Å². The molecule has 1 heterocycles. The number of rotatable bonds is 5. The minimum atomic E-state index is -0.607. The van der Waals surface area contributed by atoms with Gasteiger partial charge in [0.2, 0.25) is 5.91 Å². The summed E-state index contributed by atoms with van der Waals surface area (Å²) in [6.45, 7) is 5.84. The van der Waals surface area contributed by atoms with Gasteiger partial charge < -0.3 is 19.7 Å². The van der Waals surface area contributed by atoms with Gasteiger partial charge in [0.25, 0.3) is 5.91 Å². The molecule has 1 fully saturated rings. The van der Waals surface area contributed by atoms with Crippen LogP contribution in [-0.4, -0.2) is 66.6 Å². The van der Waals surface area contributed by atoms with Crippen molar-refractivity contribution >= 4 is 23.6 Å². The Bertz CT molecular complexity index is 710. The number of hydrogen-bond acceptors (Lipinski definition) is 5. The molecule has 1 N–H and O–H groups in total. The molecule has 1 saturated heterocycles. The van der Waals surface area contributed by atoms with Crippen molar-refractivity contribution in [3.8, 4) is 5.75 Å². The van der Waals surface area contributed by atoms with Crippen LogP contribution in [-0.2, 0) is 14.3 Å². The number of amides is 3. The average Bonchev–Trinajstić information content (AvgIpc) is 3.09. The molecule has 1 aliphatic rings. The van der Waals surface area contributed by atoms with E-state index in [2.05, 4.69) is 5.32 Å². The Morgan fingerprint density at radius 2 is 1.82 bits per heavy atom. The van der Waals surface area contributed by atoms with Crippen LogP contribution in [0.25, 0.3) is 0 Å². The van der Waals surface area contributed by atoms with E-state index in [4.69, 9.17) is 9.47 Å². The first-order valence-electron chi connectivity index (χ1n) is 9.30. The number of likely N-dealkylation sites (N-methyl/N-ethyl adjacent to an activating group) is 1. The molecule has 0 bridgehead atoms. The van der Waals surface area contributed by atoms with E-state index in [0.29, 0.717) is 24.4 Å². The maximum absolute atomic E-state index is 12.6. The molecule has 1 unspecified atom stereocenters. The molecule has 28 heavy (non-hydrogen) atoms. The molecule has 1 aromatic rings. The molecule has 0 radical (unpaired) electrons. The Morgan fingerprint density at radius 1 is 1.18 bits per heavy atom. The molecule has 8 nitrogen and oxygen atoms in total. The summed E-state index contributed by atoms with van der Waals surface area (Å²) in [6.07, 6.45) is 0.877. The van der Waals surface area contributed by atoms with Crippen molar-refractivity contribution in [2.75, 3.05) is 32.6 Å². The van der Waals surface area contributed by atoms with Crippen molar-refractivity contribution in [2.45, 2.75) is 45.3 Å². The first-order valence-corrected chi connectivity index (χ1v) is 9.30. The Morgan fingerprint density at radius 3 is 2.39 bits per heavy atom. The van der Waals surface area contributed by atoms with E-state index in [1.54, 1.807) is 59.1 Å². The largest absolute Gasteiger partial charge is 0.484 e. The topological polar surface area (TPSA) is 88.2 Å². The fourth-order valence-electron chi connectivity index (χ4n) is 2.71. The standard InChI is InChI=1S/C20H29N3O5/c1-20(2,3)28-19(26)23-12-6-7-16(23)18(25)21-14-8-10-15(11-9-14)27-13-17(24)22(4)5/h8-11,16H,6-7,12-13H2,1-5H3,(H,21,25). The van der Waals surface area contributed by atoms with Gasteiger partial charge in [-0.15, -0.1) is 0 Å². The van der Waals surface area contributed by atoms with E-state index < -0.39 is 17.7 Å². The van der Waals surface area contributed by atoms with Crippen LogP contribution < -0.4 is 10.1 Å². The van der Waals surface area contributed by atoms with Gasteiger partial charge in [-0.05, 0) is 57.9 Å². The van der Waals surface area contributed by atoms with Gasteiger partial charge in [-0.25, -0.2) is 4.79 Å². The molecule has 1 aliphatic heterocycles. The summed E-state index contributed by atoms with van der Waals surface area (Å²) in [7, 11) is 3.32. The Labute approximate surface area is 165 Å². The number of hydrogen-bond donors (Lipinski definition) is 1. The highest BCUT2D eigenvalue weighted by Crippen LogP contribution is 2.23. The molecule has 3 amide bonds. The first-order chi connectivity index (χ1) is 13.1. The highest BCUT2D eigenvalue weighted by Gasteiger charge is 2.36. The van der Waals surface area contributed by atoms with Gasteiger partial charge in [0.05, 0.1) is 0 Å². The fraction of sp³-hybridized carbons (Fsp3) is 0.550. The van der Waals surface area contributed by atoms with Crippen molar-refractivity contribution in [1.29, 1.82) is 0 Å². The second-order valence-electron chi connectivity index (χ2n) is 7.92. The molecule has 8 heteroatoms. The predicted molar refractivity (Wildman–Crippen MR) is 105 cm³/mol. The van der Waals surface area contributed by atoms with Gasteiger partial charge >= 0.3 is 6.09 Å². The number of likely N-dealkylation sites (tertiary alicyclic amines) is 1. The minimum Gasteiger partial charge on any atom is -0.484 e. The Hall–Kier alpha value is -2.77. The highest BCUT2D eigenvalue weighted by atomic mass is 16.6. The van der Waals surface area contributed by atoms with Crippen LogP contribution in [0.1, 0.15) is 33.6 Å². The van der Waals surface area contributed by atoms with Crippen molar-refractivity contribution in [3.63, 3.8) is 0 Å². The number of nitrogens with one attached hydrogen (secondary N) is 1. The summed E-state index contributed by atoms with van der Waals surface area (Å²) in [5.74, 6) is 0.144. The maximum atomic E-state index is 12.6. The number of benzene rings is 1. The zero-order valence-corrected chi connectivity index (χ0v) is 17.2. The third kappa shape index (κ3) is 6.14. The molecule has 0 aromatic heterocycles. The van der Waals surface area contributed by atoms with Gasteiger partial charge in [-0.1, -0.05) is 0 Å². The molecule has 1 aromatic carbocycles. The lowest BCUT2D eigenvalue weighted by atomic mass is 10.2. The lowest BCUT2D eigenvalue weighted by Crippen LogP contribution is -2.45. The average molecular weight is 391 g/mol. The Kier molecular flexibility index (Phi) is 6.88. The third-order valence-electron chi connectivity index (χ3n) is 4.17. The maximum Gasteiger partial charge on any atom is 0.410 e. The molecule has 154 valence electrons. The second kappa shape index (κ2) is 8.95. The summed E-state index contributed by atoms with van der Waals surface area (Å²) in [5, 5.41) is 2.82. The zero-order chi connectivity index (χ0) is 20.9. The van der Waals surface area contributed by atoms with E-state index in [-0.39, 0.29) is 18.4 Å². The highest BCUT2D eigenvalue weighted by molar-refractivity contribution is 5.96. The van der Waals surface area contributed by atoms with Crippen LogP contribution in [0.15, 0.2) is 24.3 Å². The first kappa shape index (κ1) is 21.5.